The largest absolute Gasteiger partial charge is 0.444 e. The molecule has 1 unspecified atom stereocenters. The summed E-state index contributed by atoms with van der Waals surface area (Å²) in [7, 11) is 0. The van der Waals surface area contributed by atoms with Gasteiger partial charge in [-0.1, -0.05) is 49.0 Å². The number of hydrogen-bond acceptors (Lipinski definition) is 7. The van der Waals surface area contributed by atoms with Crippen LogP contribution in [0.1, 0.15) is 55.2 Å². The van der Waals surface area contributed by atoms with Gasteiger partial charge in [-0.3, -0.25) is 4.79 Å². The molecule has 0 spiro atoms. The first-order valence-electron chi connectivity index (χ1n) is 11.7. The van der Waals surface area contributed by atoms with Crippen molar-refractivity contribution in [2.75, 3.05) is 31.1 Å². The number of hydrogen-bond donors (Lipinski definition) is 1. The maximum Gasteiger partial charge on any atom is 0.410 e. The van der Waals surface area contributed by atoms with Crippen molar-refractivity contribution in [2.24, 2.45) is 5.73 Å². The van der Waals surface area contributed by atoms with Crippen LogP contribution >= 0.6 is 11.8 Å². The summed E-state index contributed by atoms with van der Waals surface area (Å²) in [6, 6.07) is 11.6. The van der Waals surface area contributed by atoms with Crippen molar-refractivity contribution in [2.45, 2.75) is 56.9 Å². The Morgan fingerprint density at radius 3 is 2.34 bits per heavy atom. The van der Waals surface area contributed by atoms with Crippen LogP contribution < -0.4 is 10.6 Å². The highest BCUT2D eigenvalue weighted by molar-refractivity contribution is 8.00. The Morgan fingerprint density at radius 1 is 1.20 bits per heavy atom. The van der Waals surface area contributed by atoms with Crippen molar-refractivity contribution in [3.05, 3.63) is 52.6 Å². The number of nitriles is 1. The first kappa shape index (κ1) is 26.4. The van der Waals surface area contributed by atoms with Crippen molar-refractivity contribution in [3.8, 4) is 6.07 Å². The Bertz CT molecular complexity index is 1120. The van der Waals surface area contributed by atoms with Crippen molar-refractivity contribution in [3.63, 3.8) is 0 Å². The summed E-state index contributed by atoms with van der Waals surface area (Å²) < 4.78 is 5.51. The number of carbonyl (C=O) groups is 2. The molecule has 0 saturated carbocycles. The van der Waals surface area contributed by atoms with Gasteiger partial charge in [0.2, 0.25) is 5.91 Å². The van der Waals surface area contributed by atoms with E-state index >= 15 is 0 Å². The van der Waals surface area contributed by atoms with E-state index in [4.69, 9.17) is 15.5 Å². The number of benzene rings is 1. The van der Waals surface area contributed by atoms with Gasteiger partial charge in [-0.15, -0.1) is 0 Å². The summed E-state index contributed by atoms with van der Waals surface area (Å²) in [5, 5.41) is 9.80. The molecule has 2 amide bonds. The lowest BCUT2D eigenvalue weighted by molar-refractivity contribution is -0.117. The number of rotatable bonds is 6. The molecule has 35 heavy (non-hydrogen) atoms. The highest BCUT2D eigenvalue weighted by Crippen LogP contribution is 2.39. The normalized spacial score (nSPS) is 14.9. The summed E-state index contributed by atoms with van der Waals surface area (Å²) in [4.78, 5) is 33.5. The van der Waals surface area contributed by atoms with Crippen molar-refractivity contribution in [1.29, 1.82) is 5.26 Å². The summed E-state index contributed by atoms with van der Waals surface area (Å²) in [6.07, 6.45) is 0.335. The number of pyridine rings is 1. The third kappa shape index (κ3) is 6.25. The zero-order valence-corrected chi connectivity index (χ0v) is 21.8. The van der Waals surface area contributed by atoms with Crippen LogP contribution in [0.2, 0.25) is 0 Å². The summed E-state index contributed by atoms with van der Waals surface area (Å²) >= 11 is 1.21. The van der Waals surface area contributed by atoms with Gasteiger partial charge in [-0.25, -0.2) is 9.78 Å². The maximum atomic E-state index is 12.5. The van der Waals surface area contributed by atoms with Gasteiger partial charge in [-0.2, -0.15) is 5.26 Å². The second-order valence-electron chi connectivity index (χ2n) is 9.45. The topological polar surface area (TPSA) is 113 Å². The number of carbonyl (C=O) groups excluding carboxylic acids is 2. The SMILES string of the molecule is CCc1c(C)c(N2CCN(C(=O)OC(C)(C)C)CC2)nc(SC(C(N)=O)c2ccccc2)c1C#N. The Balaban J connectivity index is 1.91. The fraction of sp³-hybridized carbons (Fsp3) is 0.462. The quantitative estimate of drug-likeness (QED) is 0.598. The lowest BCUT2D eigenvalue weighted by Gasteiger charge is -2.37. The molecule has 1 saturated heterocycles. The molecule has 1 aliphatic rings. The van der Waals surface area contributed by atoms with Gasteiger partial charge in [0.25, 0.3) is 0 Å². The Labute approximate surface area is 211 Å². The van der Waals surface area contributed by atoms with Crippen molar-refractivity contribution >= 4 is 29.6 Å². The molecule has 2 heterocycles. The highest BCUT2D eigenvalue weighted by atomic mass is 32.2. The molecule has 2 N–H and O–H groups in total. The minimum absolute atomic E-state index is 0.320. The van der Waals surface area contributed by atoms with Gasteiger partial charge in [-0.05, 0) is 50.8 Å². The van der Waals surface area contributed by atoms with Crippen LogP contribution in [0.15, 0.2) is 35.4 Å². The molecule has 9 heteroatoms. The van der Waals surface area contributed by atoms with Crippen molar-refractivity contribution < 1.29 is 14.3 Å². The first-order chi connectivity index (χ1) is 16.6. The third-order valence-corrected chi connectivity index (χ3v) is 7.06. The predicted octanol–water partition coefficient (Wildman–Crippen LogP) is 4.20. The number of piperazine rings is 1. The average Bonchev–Trinajstić information content (AvgIpc) is 2.82. The minimum atomic E-state index is -0.667. The maximum absolute atomic E-state index is 12.5. The van der Waals surface area contributed by atoms with Gasteiger partial charge in [0, 0.05) is 26.2 Å². The lowest BCUT2D eigenvalue weighted by atomic mass is 10.0. The highest BCUT2D eigenvalue weighted by Gasteiger charge is 2.29. The molecule has 0 aliphatic carbocycles. The van der Waals surface area contributed by atoms with E-state index < -0.39 is 16.8 Å². The first-order valence-corrected chi connectivity index (χ1v) is 12.6. The molecule has 1 aromatic heterocycles. The zero-order chi connectivity index (χ0) is 25.8. The molecule has 1 atom stereocenters. The number of aromatic nitrogens is 1. The monoisotopic (exact) mass is 495 g/mol. The molecule has 1 aliphatic heterocycles. The van der Waals surface area contributed by atoms with Crippen LogP contribution in [0.5, 0.6) is 0 Å². The Morgan fingerprint density at radius 2 is 1.83 bits per heavy atom. The molecule has 1 aromatic carbocycles. The van der Waals surface area contributed by atoms with Gasteiger partial charge < -0.3 is 20.3 Å². The van der Waals surface area contributed by atoms with Crippen LogP contribution in [-0.2, 0) is 16.0 Å². The number of nitrogens with two attached hydrogens (primary N) is 1. The van der Waals surface area contributed by atoms with Gasteiger partial charge in [0.05, 0.1) is 5.56 Å². The van der Waals surface area contributed by atoms with Crippen LogP contribution in [-0.4, -0.2) is 53.7 Å². The predicted molar refractivity (Wildman–Crippen MR) is 137 cm³/mol. The standard InChI is InChI=1S/C26H33N5O3S/c1-6-19-17(2)23(30-12-14-31(15-13-30)25(33)34-26(3,4)5)29-24(20(19)16-27)35-21(22(28)32)18-10-8-7-9-11-18/h7-11,21H,6,12-15H2,1-5H3,(H2,28,32). The third-order valence-electron chi connectivity index (χ3n) is 5.80. The van der Waals surface area contributed by atoms with E-state index in [1.54, 1.807) is 4.90 Å². The zero-order valence-electron chi connectivity index (χ0n) is 21.0. The summed E-state index contributed by atoms with van der Waals surface area (Å²) in [6.45, 7) is 11.7. The van der Waals surface area contributed by atoms with Gasteiger partial charge in [0.1, 0.15) is 27.8 Å². The van der Waals surface area contributed by atoms with E-state index in [9.17, 15) is 14.9 Å². The molecule has 186 valence electrons. The molecule has 2 aromatic rings. The summed E-state index contributed by atoms with van der Waals surface area (Å²) in [5.74, 6) is 0.279. The Kier molecular flexibility index (Phi) is 8.28. The van der Waals surface area contributed by atoms with E-state index in [0.717, 1.165) is 22.5 Å². The average molecular weight is 496 g/mol. The number of primary amides is 1. The molecular weight excluding hydrogens is 462 g/mol. The second-order valence-corrected chi connectivity index (χ2v) is 10.5. The number of thioether (sulfide) groups is 1. The lowest BCUT2D eigenvalue weighted by Crippen LogP contribution is -2.50. The van der Waals surface area contributed by atoms with Crippen LogP contribution in [0.3, 0.4) is 0 Å². The molecule has 0 radical (unpaired) electrons. The molecule has 1 fully saturated rings. The van der Waals surface area contributed by atoms with E-state index in [2.05, 4.69) is 11.0 Å². The van der Waals surface area contributed by atoms with Gasteiger partial charge >= 0.3 is 6.09 Å². The number of amides is 2. The fourth-order valence-corrected chi connectivity index (χ4v) is 5.15. The minimum Gasteiger partial charge on any atom is -0.444 e. The number of nitrogens with zero attached hydrogens (tertiary/aromatic N) is 4. The van der Waals surface area contributed by atoms with Crippen LogP contribution in [0.4, 0.5) is 10.6 Å². The molecule has 0 bridgehead atoms. The smallest absolute Gasteiger partial charge is 0.410 e. The van der Waals surface area contributed by atoms with E-state index in [1.165, 1.54) is 11.8 Å². The summed E-state index contributed by atoms with van der Waals surface area (Å²) in [5.41, 5.74) is 8.30. The second kappa shape index (κ2) is 11.0. The van der Waals surface area contributed by atoms with E-state index in [0.29, 0.717) is 43.2 Å². The molecule has 3 rings (SSSR count). The Hall–Kier alpha value is -3.25. The van der Waals surface area contributed by atoms with Crippen molar-refractivity contribution in [1.82, 2.24) is 9.88 Å². The van der Waals surface area contributed by atoms with Crippen LogP contribution in [0, 0.1) is 18.3 Å². The van der Waals surface area contributed by atoms with Gasteiger partial charge in [0.15, 0.2) is 0 Å². The van der Waals surface area contributed by atoms with E-state index in [1.807, 2.05) is 65.0 Å². The molecular formula is C26H33N5O3S. The number of anilines is 1. The van der Waals surface area contributed by atoms with E-state index in [-0.39, 0.29) is 6.09 Å². The number of ether oxygens (including phenoxy) is 1. The van der Waals surface area contributed by atoms with Crippen LogP contribution in [0.25, 0.3) is 0 Å². The molecule has 8 nitrogen and oxygen atoms in total. The fourth-order valence-electron chi connectivity index (χ4n) is 4.10.